The molecule has 2 atom stereocenters. The fourth-order valence-corrected chi connectivity index (χ4v) is 8.59. The van der Waals surface area contributed by atoms with Crippen molar-refractivity contribution in [3.05, 3.63) is 98.6 Å². The number of carbonyl (C=O) groups is 8. The van der Waals surface area contributed by atoms with Crippen LogP contribution in [0.1, 0.15) is 81.6 Å². The second kappa shape index (κ2) is 24.1. The Balaban J connectivity index is 1.01. The van der Waals surface area contributed by atoms with E-state index in [1.165, 1.54) is 17.1 Å². The first-order chi connectivity index (χ1) is 34.6. The van der Waals surface area contributed by atoms with Crippen LogP contribution in [-0.2, 0) is 40.1 Å². The number of aromatic nitrogens is 2. The van der Waals surface area contributed by atoms with E-state index >= 15 is 8.78 Å². The number of halogens is 4. The summed E-state index contributed by atoms with van der Waals surface area (Å²) in [5.41, 5.74) is 9.78. The number of hydrogen-bond donors (Lipinski definition) is 5. The van der Waals surface area contributed by atoms with Gasteiger partial charge in [-0.1, -0.05) is 44.0 Å². The highest BCUT2D eigenvalue weighted by Crippen LogP contribution is 2.39. The van der Waals surface area contributed by atoms with Crippen LogP contribution in [0.2, 0.25) is 5.02 Å². The van der Waals surface area contributed by atoms with E-state index in [2.05, 4.69) is 20.9 Å². The molecule has 73 heavy (non-hydrogen) atoms. The highest BCUT2D eigenvalue weighted by molar-refractivity contribution is 6.38. The second-order valence-corrected chi connectivity index (χ2v) is 18.2. The molecule has 2 aromatic carbocycles. The Bertz CT molecular complexity index is 2910. The zero-order chi connectivity index (χ0) is 53.3. The number of pyridine rings is 2. The zero-order valence-electron chi connectivity index (χ0n) is 39.9. The number of imide groups is 1. The van der Waals surface area contributed by atoms with Crippen LogP contribution in [-0.4, -0.2) is 100 Å². The van der Waals surface area contributed by atoms with Crippen molar-refractivity contribution < 1.29 is 61.0 Å². The molecule has 0 unspecified atom stereocenters. The molecule has 4 heterocycles. The summed E-state index contributed by atoms with van der Waals surface area (Å²) in [6.07, 6.45) is 3.39. The Kier molecular flexibility index (Phi) is 18.0. The monoisotopic (exact) mass is 1040 g/mol. The minimum atomic E-state index is -1.22. The van der Waals surface area contributed by atoms with Gasteiger partial charge in [-0.2, -0.15) is 0 Å². The largest absolute Gasteiger partial charge is 0.509 e. The Morgan fingerprint density at radius 3 is 2.25 bits per heavy atom. The number of anilines is 3. The maximum absolute atomic E-state index is 15.7. The summed E-state index contributed by atoms with van der Waals surface area (Å²) in [7, 11) is 0. The maximum atomic E-state index is 15.7. The van der Waals surface area contributed by atoms with E-state index in [0.717, 1.165) is 28.7 Å². The molecule has 388 valence electrons. The molecule has 2 aliphatic heterocycles. The van der Waals surface area contributed by atoms with Gasteiger partial charge in [0, 0.05) is 62.0 Å². The van der Waals surface area contributed by atoms with Gasteiger partial charge in [-0.05, 0) is 62.3 Å². The molecule has 0 saturated carbocycles. The van der Waals surface area contributed by atoms with E-state index in [1.807, 2.05) is 0 Å². The summed E-state index contributed by atoms with van der Waals surface area (Å²) < 4.78 is 56.4. The van der Waals surface area contributed by atoms with Crippen LogP contribution in [0.15, 0.2) is 59.5 Å². The Morgan fingerprint density at radius 1 is 0.918 bits per heavy atom. The first kappa shape index (κ1) is 54.5. The number of urea groups is 1. The molecule has 6 rings (SSSR count). The summed E-state index contributed by atoms with van der Waals surface area (Å²) in [5.74, 6) is -8.58. The second-order valence-electron chi connectivity index (χ2n) is 17.8. The number of ketones is 2. The van der Waals surface area contributed by atoms with E-state index in [1.54, 1.807) is 38.1 Å². The van der Waals surface area contributed by atoms with Gasteiger partial charge >= 0.3 is 12.2 Å². The number of Topliss-reactive ketones (excluding diaryl/α,β-unsaturated/α-hetero) is 2. The van der Waals surface area contributed by atoms with Gasteiger partial charge < -0.3 is 41.8 Å². The third-order valence-corrected chi connectivity index (χ3v) is 12.4. The van der Waals surface area contributed by atoms with Gasteiger partial charge in [0.25, 0.3) is 11.8 Å². The number of unbranched alkanes of at least 4 members (excludes halogenated alkanes) is 2. The fraction of sp³-hybridized carbons (Fsp3) is 0.388. The normalized spacial score (nSPS) is 14.2. The van der Waals surface area contributed by atoms with Crippen LogP contribution in [0.4, 0.5) is 40.0 Å². The third-order valence-electron chi connectivity index (χ3n) is 12.1. The average molecular weight is 1040 g/mol. The van der Waals surface area contributed by atoms with Crippen LogP contribution in [0, 0.1) is 29.3 Å². The van der Waals surface area contributed by atoms with Crippen molar-refractivity contribution in [2.24, 2.45) is 17.6 Å². The molecule has 6 amide bonds. The van der Waals surface area contributed by atoms with E-state index in [4.69, 9.17) is 32.5 Å². The number of hydrogen-bond acceptors (Lipinski definition) is 14. The number of ether oxygens (including phenoxy) is 2. The molecule has 0 radical (unpaired) electrons. The maximum Gasteiger partial charge on any atom is 0.509 e. The quantitative estimate of drug-likeness (QED) is 0.0270. The first-order valence-corrected chi connectivity index (χ1v) is 23.6. The number of carbonyl (C=O) groups excluding carboxylic acids is 8. The number of nitrogens with one attached hydrogen (secondary N) is 3. The molecule has 1 fully saturated rings. The fourth-order valence-electron chi connectivity index (χ4n) is 8.19. The lowest BCUT2D eigenvalue weighted by Crippen LogP contribution is -2.53. The summed E-state index contributed by atoms with van der Waals surface area (Å²) in [4.78, 5) is 120. The number of benzene rings is 2. The molecule has 7 N–H and O–H groups in total. The molecule has 24 heteroatoms. The SMILES string of the molecule is CC(=O)c1cn(-c2nc(N)c(F)cc2F)c2c(Cl)c(N3CC(OC(=O)OCc4ccc(NC(=O)[C@H](CCCNC(N)=O)CC(=O)[C@@H](NC(=O)CCCCCN5C(=O)C=CC5=O)C(C)C)cc4)C3)c(F)cc2c1=O. The van der Waals surface area contributed by atoms with Gasteiger partial charge in [0.2, 0.25) is 11.8 Å². The lowest BCUT2D eigenvalue weighted by atomic mass is 9.89. The van der Waals surface area contributed by atoms with Crippen molar-refractivity contribution in [1.29, 1.82) is 0 Å². The standard InChI is InChI=1S/C49H53ClF3N9O11/c1-25(2)41(58-37(65)9-5-4-6-17-61-38(66)14-15-39(61)67)36(64)18-28(8-7-16-56-48(55)70)47(69)57-29-12-10-27(11-13-29)24-72-49(71)73-30-21-60(22-30)43-33(51)19-31-42(40(43)50)62(23-32(26(3)63)44(31)68)46-35(53)20-34(52)45(54)59-46/h10-15,19-20,23,25,28,30,41H,4-9,16-18,21-22,24H2,1-3H3,(H2,54,59)(H,57,69)(H,58,65)(H3,55,56,70)/t28-,41+/m1/s1. The van der Waals surface area contributed by atoms with Gasteiger partial charge in [-0.3, -0.25) is 43.0 Å². The molecule has 0 spiro atoms. The number of nitrogens with two attached hydrogens (primary N) is 2. The molecule has 2 aliphatic rings. The van der Waals surface area contributed by atoms with Crippen molar-refractivity contribution in [3.8, 4) is 5.82 Å². The molecular formula is C49H53ClF3N9O11. The number of nitrogens with zero attached hydrogens (tertiary/aromatic N) is 4. The van der Waals surface area contributed by atoms with E-state index in [0.29, 0.717) is 43.0 Å². The molecular weight excluding hydrogens is 983 g/mol. The van der Waals surface area contributed by atoms with Crippen molar-refractivity contribution in [1.82, 2.24) is 25.1 Å². The van der Waals surface area contributed by atoms with Crippen molar-refractivity contribution in [2.75, 3.05) is 42.1 Å². The Hall–Kier alpha value is -7.82. The topological polar surface area (TPSA) is 285 Å². The zero-order valence-corrected chi connectivity index (χ0v) is 40.7. The van der Waals surface area contributed by atoms with Gasteiger partial charge in [-0.25, -0.2) is 27.7 Å². The van der Waals surface area contributed by atoms with Gasteiger partial charge in [-0.15, -0.1) is 0 Å². The number of fused-ring (bicyclic) bond motifs is 1. The van der Waals surface area contributed by atoms with Gasteiger partial charge in [0.1, 0.15) is 18.5 Å². The third kappa shape index (κ3) is 13.6. The average Bonchev–Trinajstić information content (AvgIpc) is 3.64. The summed E-state index contributed by atoms with van der Waals surface area (Å²) in [5, 5.41) is 7.25. The Morgan fingerprint density at radius 2 is 1.60 bits per heavy atom. The highest BCUT2D eigenvalue weighted by Gasteiger charge is 2.36. The molecule has 0 aliphatic carbocycles. The predicted molar refractivity (Wildman–Crippen MR) is 260 cm³/mol. The molecule has 1 saturated heterocycles. The Labute approximate surface area is 420 Å². The molecule has 20 nitrogen and oxygen atoms in total. The van der Waals surface area contributed by atoms with Crippen LogP contribution >= 0.6 is 11.6 Å². The highest BCUT2D eigenvalue weighted by atomic mass is 35.5. The smallest absolute Gasteiger partial charge is 0.429 e. The summed E-state index contributed by atoms with van der Waals surface area (Å²) in [6, 6.07) is 5.87. The number of primary amides is 1. The van der Waals surface area contributed by atoms with Crippen molar-refractivity contribution in [3.63, 3.8) is 0 Å². The van der Waals surface area contributed by atoms with Crippen LogP contribution in [0.3, 0.4) is 0 Å². The summed E-state index contributed by atoms with van der Waals surface area (Å²) >= 11 is 6.70. The lowest BCUT2D eigenvalue weighted by molar-refractivity contribution is -0.137. The molecule has 0 bridgehead atoms. The van der Waals surface area contributed by atoms with E-state index in [-0.39, 0.29) is 97.7 Å². The summed E-state index contributed by atoms with van der Waals surface area (Å²) in [6.45, 7) is 4.55. The van der Waals surface area contributed by atoms with Crippen LogP contribution in [0.25, 0.3) is 16.7 Å². The van der Waals surface area contributed by atoms with Gasteiger partial charge in [0.05, 0.1) is 46.3 Å². The van der Waals surface area contributed by atoms with Crippen LogP contribution in [0.5, 0.6) is 0 Å². The van der Waals surface area contributed by atoms with Gasteiger partial charge in [0.15, 0.2) is 40.3 Å². The first-order valence-electron chi connectivity index (χ1n) is 23.2. The number of nitrogen functional groups attached to an aromatic ring is 1. The lowest BCUT2D eigenvalue weighted by Gasteiger charge is -2.40. The van der Waals surface area contributed by atoms with E-state index in [9.17, 15) is 47.5 Å². The van der Waals surface area contributed by atoms with E-state index < -0.39 is 87.4 Å². The molecule has 2 aromatic heterocycles. The van der Waals surface area contributed by atoms with Crippen LogP contribution < -0.4 is 37.7 Å². The predicted octanol–water partition coefficient (Wildman–Crippen LogP) is 5.37. The minimum Gasteiger partial charge on any atom is -0.429 e. The minimum absolute atomic E-state index is 0.0901. The number of rotatable bonds is 23. The molecule has 4 aromatic rings. The van der Waals surface area contributed by atoms with Crippen molar-refractivity contribution >= 4 is 87.1 Å². The van der Waals surface area contributed by atoms with Crippen molar-refractivity contribution in [2.45, 2.75) is 84.5 Å². The number of amides is 6.